The first-order valence-electron chi connectivity index (χ1n) is 11.1. The number of hydrogen-bond acceptors (Lipinski definition) is 6. The summed E-state index contributed by atoms with van der Waals surface area (Å²) in [6, 6.07) is 10.4. The molecule has 1 aromatic heterocycles. The van der Waals surface area contributed by atoms with Crippen molar-refractivity contribution in [1.82, 2.24) is 15.4 Å². The van der Waals surface area contributed by atoms with Crippen LogP contribution in [0.25, 0.3) is 11.3 Å². The van der Waals surface area contributed by atoms with E-state index in [0.717, 1.165) is 55.9 Å². The predicted molar refractivity (Wildman–Crippen MR) is 122 cm³/mol. The SMILES string of the molecule is COc1ccc(CN2CCC(CNC(=O)c3cc(-c4ccc(F)cc4F)on3)CC2)cc1OC. The van der Waals surface area contributed by atoms with Gasteiger partial charge in [0.15, 0.2) is 23.0 Å². The Bertz CT molecular complexity index is 1140. The highest BCUT2D eigenvalue weighted by atomic mass is 19.1. The van der Waals surface area contributed by atoms with Gasteiger partial charge in [0.1, 0.15) is 11.6 Å². The fourth-order valence-electron chi connectivity index (χ4n) is 4.11. The fraction of sp³-hybridized carbons (Fsp3) is 0.360. The van der Waals surface area contributed by atoms with Crippen LogP contribution in [0.2, 0.25) is 0 Å². The maximum absolute atomic E-state index is 13.9. The third-order valence-electron chi connectivity index (χ3n) is 6.05. The summed E-state index contributed by atoms with van der Waals surface area (Å²) < 4.78 is 42.8. The van der Waals surface area contributed by atoms with Crippen molar-refractivity contribution in [3.63, 3.8) is 0 Å². The van der Waals surface area contributed by atoms with Crippen LogP contribution in [-0.2, 0) is 6.54 Å². The number of likely N-dealkylation sites (tertiary alicyclic amines) is 1. The van der Waals surface area contributed by atoms with Gasteiger partial charge in [0.25, 0.3) is 5.91 Å². The van der Waals surface area contributed by atoms with Gasteiger partial charge in [0, 0.05) is 25.2 Å². The summed E-state index contributed by atoms with van der Waals surface area (Å²) in [5, 5.41) is 6.62. The van der Waals surface area contributed by atoms with E-state index in [4.69, 9.17) is 14.0 Å². The maximum Gasteiger partial charge on any atom is 0.273 e. The lowest BCUT2D eigenvalue weighted by Crippen LogP contribution is -2.38. The number of ether oxygens (including phenoxy) is 2. The molecule has 4 rings (SSSR count). The van der Waals surface area contributed by atoms with E-state index < -0.39 is 11.6 Å². The highest BCUT2D eigenvalue weighted by Gasteiger charge is 2.22. The molecule has 1 N–H and O–H groups in total. The number of methoxy groups -OCH3 is 2. The average molecular weight is 472 g/mol. The number of amides is 1. The second-order valence-corrected chi connectivity index (χ2v) is 8.32. The quantitative estimate of drug-likeness (QED) is 0.529. The molecule has 2 aromatic carbocycles. The van der Waals surface area contributed by atoms with Crippen LogP contribution in [0.4, 0.5) is 8.78 Å². The topological polar surface area (TPSA) is 76.8 Å². The molecule has 0 saturated carbocycles. The van der Waals surface area contributed by atoms with Crippen LogP contribution < -0.4 is 14.8 Å². The fourth-order valence-corrected chi connectivity index (χ4v) is 4.11. The number of carbonyl (C=O) groups is 1. The molecule has 34 heavy (non-hydrogen) atoms. The predicted octanol–water partition coefficient (Wildman–Crippen LogP) is 4.28. The Kier molecular flexibility index (Phi) is 7.42. The summed E-state index contributed by atoms with van der Waals surface area (Å²) in [4.78, 5) is 14.8. The Labute approximate surface area is 196 Å². The first-order valence-corrected chi connectivity index (χ1v) is 11.1. The molecule has 1 amide bonds. The smallest absolute Gasteiger partial charge is 0.273 e. The van der Waals surface area contributed by atoms with E-state index in [0.29, 0.717) is 18.2 Å². The van der Waals surface area contributed by atoms with Gasteiger partial charge in [0.05, 0.1) is 19.8 Å². The summed E-state index contributed by atoms with van der Waals surface area (Å²) in [5.74, 6) is 0.0119. The molecule has 1 aliphatic heterocycles. The summed E-state index contributed by atoms with van der Waals surface area (Å²) in [6.45, 7) is 3.19. The minimum atomic E-state index is -0.775. The number of carbonyl (C=O) groups excluding carboxylic acids is 1. The summed E-state index contributed by atoms with van der Waals surface area (Å²) in [6.07, 6.45) is 1.91. The molecule has 0 atom stereocenters. The van der Waals surface area contributed by atoms with Crippen LogP contribution >= 0.6 is 0 Å². The van der Waals surface area contributed by atoms with E-state index in [9.17, 15) is 13.6 Å². The molecule has 1 aliphatic rings. The normalized spacial score (nSPS) is 14.7. The molecular formula is C25H27F2N3O4. The van der Waals surface area contributed by atoms with Gasteiger partial charge in [-0.15, -0.1) is 0 Å². The molecule has 1 saturated heterocycles. The van der Waals surface area contributed by atoms with Crippen LogP contribution in [-0.4, -0.2) is 49.8 Å². The zero-order valence-corrected chi connectivity index (χ0v) is 19.1. The molecule has 1 fully saturated rings. The van der Waals surface area contributed by atoms with Gasteiger partial charge >= 0.3 is 0 Å². The molecule has 3 aromatic rings. The molecule has 0 bridgehead atoms. The number of rotatable bonds is 8. The number of nitrogens with one attached hydrogen (secondary N) is 1. The number of piperidine rings is 1. The summed E-state index contributed by atoms with van der Waals surface area (Å²) in [5.41, 5.74) is 1.27. The number of aromatic nitrogens is 1. The number of halogens is 2. The molecule has 180 valence electrons. The second kappa shape index (κ2) is 10.6. The van der Waals surface area contributed by atoms with Gasteiger partial charge in [-0.05, 0) is 61.7 Å². The number of hydrogen-bond donors (Lipinski definition) is 1. The number of benzene rings is 2. The van der Waals surface area contributed by atoms with E-state index >= 15 is 0 Å². The molecule has 0 spiro atoms. The van der Waals surface area contributed by atoms with Crippen LogP contribution in [0, 0.1) is 17.6 Å². The lowest BCUT2D eigenvalue weighted by Gasteiger charge is -2.32. The standard InChI is InChI=1S/C25H27F2N3O4/c1-32-22-6-3-17(11-24(22)33-2)15-30-9-7-16(8-10-30)14-28-25(31)21-13-23(34-29-21)19-5-4-18(26)12-20(19)27/h3-6,11-13,16H,7-10,14-15H2,1-2H3,(H,28,31). The zero-order valence-electron chi connectivity index (χ0n) is 19.1. The van der Waals surface area contributed by atoms with Crippen LogP contribution in [0.3, 0.4) is 0 Å². The van der Waals surface area contributed by atoms with Crippen LogP contribution in [0.1, 0.15) is 28.9 Å². The largest absolute Gasteiger partial charge is 0.493 e. The van der Waals surface area contributed by atoms with E-state index in [1.54, 1.807) is 14.2 Å². The molecule has 0 unspecified atom stereocenters. The Hall–Kier alpha value is -3.46. The van der Waals surface area contributed by atoms with Gasteiger partial charge in [0.2, 0.25) is 0 Å². The van der Waals surface area contributed by atoms with Crippen molar-refractivity contribution in [2.75, 3.05) is 33.9 Å². The number of nitrogens with zero attached hydrogens (tertiary/aromatic N) is 2. The molecular weight excluding hydrogens is 444 g/mol. The van der Waals surface area contributed by atoms with Crippen molar-refractivity contribution < 1.29 is 27.6 Å². The van der Waals surface area contributed by atoms with E-state index in [1.807, 2.05) is 18.2 Å². The average Bonchev–Trinajstić information content (AvgIpc) is 3.33. The Morgan fingerprint density at radius 1 is 1.09 bits per heavy atom. The van der Waals surface area contributed by atoms with Crippen LogP contribution in [0.15, 0.2) is 47.0 Å². The molecule has 0 aliphatic carbocycles. The molecule has 2 heterocycles. The lowest BCUT2D eigenvalue weighted by molar-refractivity contribution is 0.0926. The van der Waals surface area contributed by atoms with Gasteiger partial charge in [-0.2, -0.15) is 0 Å². The zero-order chi connectivity index (χ0) is 24.1. The summed E-state index contributed by atoms with van der Waals surface area (Å²) >= 11 is 0. The maximum atomic E-state index is 13.9. The van der Waals surface area contributed by atoms with Crippen molar-refractivity contribution >= 4 is 5.91 Å². The van der Waals surface area contributed by atoms with Gasteiger partial charge in [-0.1, -0.05) is 11.2 Å². The van der Waals surface area contributed by atoms with Crippen molar-refractivity contribution in [2.45, 2.75) is 19.4 Å². The first kappa shape index (κ1) is 23.7. The lowest BCUT2D eigenvalue weighted by atomic mass is 9.96. The monoisotopic (exact) mass is 471 g/mol. The van der Waals surface area contributed by atoms with E-state index in [2.05, 4.69) is 15.4 Å². The van der Waals surface area contributed by atoms with Crippen molar-refractivity contribution in [3.05, 3.63) is 65.4 Å². The Balaban J connectivity index is 1.25. The first-order chi connectivity index (χ1) is 16.5. The summed E-state index contributed by atoms with van der Waals surface area (Å²) in [7, 11) is 3.25. The third-order valence-corrected chi connectivity index (χ3v) is 6.05. The molecule has 7 nitrogen and oxygen atoms in total. The van der Waals surface area contributed by atoms with Crippen molar-refractivity contribution in [3.8, 4) is 22.8 Å². The minimum Gasteiger partial charge on any atom is -0.493 e. The second-order valence-electron chi connectivity index (χ2n) is 8.32. The van der Waals surface area contributed by atoms with Crippen molar-refractivity contribution in [1.29, 1.82) is 0 Å². The molecule has 0 radical (unpaired) electrons. The van der Waals surface area contributed by atoms with Crippen molar-refractivity contribution in [2.24, 2.45) is 5.92 Å². The van der Waals surface area contributed by atoms with Gasteiger partial charge in [-0.3, -0.25) is 9.69 Å². The Morgan fingerprint density at radius 3 is 2.56 bits per heavy atom. The van der Waals surface area contributed by atoms with E-state index in [1.165, 1.54) is 12.1 Å². The highest BCUT2D eigenvalue weighted by Crippen LogP contribution is 2.29. The molecule has 9 heteroatoms. The van der Waals surface area contributed by atoms with Crippen LogP contribution in [0.5, 0.6) is 11.5 Å². The highest BCUT2D eigenvalue weighted by molar-refractivity contribution is 5.93. The van der Waals surface area contributed by atoms with Gasteiger partial charge < -0.3 is 19.3 Å². The van der Waals surface area contributed by atoms with Gasteiger partial charge in [-0.25, -0.2) is 8.78 Å². The Morgan fingerprint density at radius 2 is 1.85 bits per heavy atom. The minimum absolute atomic E-state index is 0.0507. The van der Waals surface area contributed by atoms with E-state index in [-0.39, 0.29) is 22.9 Å². The third kappa shape index (κ3) is 5.53.